The molecular formula is C22H28N4O3. The smallest absolute Gasteiger partial charge is 0.254 e. The Morgan fingerprint density at radius 2 is 2.07 bits per heavy atom. The predicted octanol–water partition coefficient (Wildman–Crippen LogP) is 3.42. The molecule has 2 aromatic heterocycles. The molecule has 0 saturated carbocycles. The van der Waals surface area contributed by atoms with Crippen molar-refractivity contribution in [3.8, 4) is 5.75 Å². The summed E-state index contributed by atoms with van der Waals surface area (Å²) in [6, 6.07) is 10.3. The van der Waals surface area contributed by atoms with Gasteiger partial charge < -0.3 is 20.0 Å². The second-order valence-corrected chi connectivity index (χ2v) is 7.52. The number of nitrogens with one attached hydrogen (secondary N) is 2. The third-order valence-electron chi connectivity index (χ3n) is 5.34. The van der Waals surface area contributed by atoms with Crippen molar-refractivity contribution in [3.63, 3.8) is 0 Å². The van der Waals surface area contributed by atoms with Gasteiger partial charge in [0.1, 0.15) is 11.6 Å². The molecule has 0 unspecified atom stereocenters. The molecule has 0 radical (unpaired) electrons. The lowest BCUT2D eigenvalue weighted by Gasteiger charge is -2.22. The van der Waals surface area contributed by atoms with Crippen LogP contribution in [0.4, 0.5) is 0 Å². The number of imidazole rings is 1. The highest BCUT2D eigenvalue weighted by atomic mass is 16.3. The molecule has 7 nitrogen and oxygen atoms in total. The van der Waals surface area contributed by atoms with Crippen LogP contribution in [0.3, 0.4) is 0 Å². The standard InChI is InChI=1S/C22H28N4O3/c1-4-14(2)21(22-23-17-8-5-6-9-18(17)24-22)25-19(28)10-7-11-26-15(3)12-16(27)13-20(26)29/h5-6,8-9,12-14,21,27H,4,7,10-11H2,1-3H3,(H,23,24)(H,25,28)/t14-,21+/m1/s1. The number of hydrogen-bond donors (Lipinski definition) is 3. The first-order chi connectivity index (χ1) is 13.9. The van der Waals surface area contributed by atoms with Crippen molar-refractivity contribution in [2.75, 3.05) is 0 Å². The average Bonchev–Trinajstić information content (AvgIpc) is 3.11. The number of aromatic amines is 1. The van der Waals surface area contributed by atoms with Crippen LogP contribution in [-0.4, -0.2) is 25.5 Å². The quantitative estimate of drug-likeness (QED) is 0.543. The summed E-state index contributed by atoms with van der Waals surface area (Å²) < 4.78 is 1.57. The van der Waals surface area contributed by atoms with Crippen molar-refractivity contribution >= 4 is 16.9 Å². The van der Waals surface area contributed by atoms with Gasteiger partial charge in [0.05, 0.1) is 17.1 Å². The SMILES string of the molecule is CC[C@@H](C)[C@H](NC(=O)CCCn1c(C)cc(O)cc1=O)c1nc2ccccc2[nH]1. The fraction of sp³-hybridized carbons (Fsp3) is 0.409. The minimum Gasteiger partial charge on any atom is -0.508 e. The largest absolute Gasteiger partial charge is 0.508 e. The predicted molar refractivity (Wildman–Crippen MR) is 113 cm³/mol. The van der Waals surface area contributed by atoms with E-state index in [1.807, 2.05) is 24.3 Å². The maximum atomic E-state index is 12.6. The molecule has 0 fully saturated rings. The maximum Gasteiger partial charge on any atom is 0.254 e. The van der Waals surface area contributed by atoms with Crippen molar-refractivity contribution in [1.82, 2.24) is 19.9 Å². The van der Waals surface area contributed by atoms with Crippen LogP contribution in [0, 0.1) is 12.8 Å². The third kappa shape index (κ3) is 4.85. The van der Waals surface area contributed by atoms with E-state index in [2.05, 4.69) is 29.1 Å². The Labute approximate surface area is 169 Å². The van der Waals surface area contributed by atoms with Gasteiger partial charge in [-0.15, -0.1) is 0 Å². The normalized spacial score (nSPS) is 13.3. The zero-order valence-corrected chi connectivity index (χ0v) is 17.1. The average molecular weight is 396 g/mol. The number of amides is 1. The Balaban J connectivity index is 1.65. The number of fused-ring (bicyclic) bond motifs is 1. The number of pyridine rings is 1. The zero-order chi connectivity index (χ0) is 21.0. The minimum atomic E-state index is -0.261. The van der Waals surface area contributed by atoms with Gasteiger partial charge in [-0.2, -0.15) is 0 Å². The maximum absolute atomic E-state index is 12.6. The van der Waals surface area contributed by atoms with Crippen molar-refractivity contribution in [1.29, 1.82) is 0 Å². The fourth-order valence-electron chi connectivity index (χ4n) is 3.48. The highest BCUT2D eigenvalue weighted by Crippen LogP contribution is 2.24. The monoisotopic (exact) mass is 396 g/mol. The molecule has 0 saturated heterocycles. The van der Waals surface area contributed by atoms with E-state index in [1.54, 1.807) is 17.6 Å². The van der Waals surface area contributed by atoms with Crippen LogP contribution in [-0.2, 0) is 11.3 Å². The van der Waals surface area contributed by atoms with E-state index in [0.717, 1.165) is 23.3 Å². The van der Waals surface area contributed by atoms with Gasteiger partial charge in [-0.25, -0.2) is 4.98 Å². The number of hydrogen-bond acceptors (Lipinski definition) is 4. The van der Waals surface area contributed by atoms with E-state index in [4.69, 9.17) is 0 Å². The number of aryl methyl sites for hydroxylation is 1. The molecule has 0 aliphatic rings. The molecular weight excluding hydrogens is 368 g/mol. The number of para-hydroxylation sites is 2. The second kappa shape index (κ2) is 8.94. The van der Waals surface area contributed by atoms with Crippen LogP contribution in [0.25, 0.3) is 11.0 Å². The van der Waals surface area contributed by atoms with Crippen LogP contribution >= 0.6 is 0 Å². The number of carbonyl (C=O) groups excluding carboxylic acids is 1. The van der Waals surface area contributed by atoms with Gasteiger partial charge in [0.15, 0.2) is 0 Å². The van der Waals surface area contributed by atoms with E-state index in [9.17, 15) is 14.7 Å². The fourth-order valence-corrected chi connectivity index (χ4v) is 3.48. The highest BCUT2D eigenvalue weighted by Gasteiger charge is 2.23. The Hall–Kier alpha value is -3.09. The Bertz CT molecular complexity index is 1020. The molecule has 3 rings (SSSR count). The summed E-state index contributed by atoms with van der Waals surface area (Å²) in [5.74, 6) is 0.880. The first kappa shape index (κ1) is 20.6. The van der Waals surface area contributed by atoms with E-state index in [1.165, 1.54) is 6.07 Å². The van der Waals surface area contributed by atoms with E-state index < -0.39 is 0 Å². The van der Waals surface area contributed by atoms with Crippen molar-refractivity contribution in [2.24, 2.45) is 5.92 Å². The molecule has 7 heteroatoms. The second-order valence-electron chi connectivity index (χ2n) is 7.52. The van der Waals surface area contributed by atoms with Crippen LogP contribution in [0.2, 0.25) is 0 Å². The van der Waals surface area contributed by atoms with Gasteiger partial charge in [-0.05, 0) is 37.5 Å². The molecule has 154 valence electrons. The van der Waals surface area contributed by atoms with Gasteiger partial charge in [0.25, 0.3) is 5.56 Å². The van der Waals surface area contributed by atoms with Gasteiger partial charge in [0.2, 0.25) is 5.91 Å². The number of aromatic hydroxyl groups is 1. The van der Waals surface area contributed by atoms with Gasteiger partial charge >= 0.3 is 0 Å². The van der Waals surface area contributed by atoms with E-state index in [-0.39, 0.29) is 29.2 Å². The molecule has 0 aliphatic carbocycles. The number of H-pyrrole nitrogens is 1. The summed E-state index contributed by atoms with van der Waals surface area (Å²) in [7, 11) is 0. The van der Waals surface area contributed by atoms with E-state index in [0.29, 0.717) is 25.1 Å². The van der Waals surface area contributed by atoms with E-state index >= 15 is 0 Å². The summed E-state index contributed by atoms with van der Waals surface area (Å²) in [5, 5.41) is 12.6. The van der Waals surface area contributed by atoms with Gasteiger partial charge in [-0.3, -0.25) is 9.59 Å². The zero-order valence-electron chi connectivity index (χ0n) is 17.1. The molecule has 0 aliphatic heterocycles. The molecule has 3 aromatic rings. The Kier molecular flexibility index (Phi) is 6.36. The lowest BCUT2D eigenvalue weighted by molar-refractivity contribution is -0.122. The summed E-state index contributed by atoms with van der Waals surface area (Å²) in [6.07, 6.45) is 1.74. The van der Waals surface area contributed by atoms with Crippen LogP contribution < -0.4 is 10.9 Å². The Morgan fingerprint density at radius 3 is 2.76 bits per heavy atom. The van der Waals surface area contributed by atoms with Gasteiger partial charge in [-0.1, -0.05) is 32.4 Å². The lowest BCUT2D eigenvalue weighted by atomic mass is 9.98. The first-order valence-electron chi connectivity index (χ1n) is 10.0. The van der Waals surface area contributed by atoms with Crippen molar-refractivity contribution in [3.05, 3.63) is 58.3 Å². The first-order valence-corrected chi connectivity index (χ1v) is 10.0. The highest BCUT2D eigenvalue weighted by molar-refractivity contribution is 5.77. The molecule has 0 spiro atoms. The molecule has 3 N–H and O–H groups in total. The summed E-state index contributed by atoms with van der Waals surface area (Å²) in [6.45, 7) is 6.38. The topological polar surface area (TPSA) is 100 Å². The lowest BCUT2D eigenvalue weighted by Crippen LogP contribution is -2.33. The molecule has 1 amide bonds. The summed E-state index contributed by atoms with van der Waals surface area (Å²) in [4.78, 5) is 32.6. The Morgan fingerprint density at radius 1 is 1.31 bits per heavy atom. The van der Waals surface area contributed by atoms with Gasteiger partial charge in [0, 0.05) is 24.7 Å². The minimum absolute atomic E-state index is 0.0382. The molecule has 1 aromatic carbocycles. The number of aromatic nitrogens is 3. The number of rotatable bonds is 8. The van der Waals surface area contributed by atoms with Crippen molar-refractivity contribution < 1.29 is 9.90 Å². The van der Waals surface area contributed by atoms with Crippen molar-refractivity contribution in [2.45, 2.75) is 52.6 Å². The molecule has 0 bridgehead atoms. The molecule has 2 heterocycles. The molecule has 2 atom stereocenters. The van der Waals surface area contributed by atoms with Crippen LogP contribution in [0.1, 0.15) is 50.7 Å². The van der Waals surface area contributed by atoms with Crippen LogP contribution in [0.15, 0.2) is 41.2 Å². The molecule has 29 heavy (non-hydrogen) atoms. The summed E-state index contributed by atoms with van der Waals surface area (Å²) >= 11 is 0. The number of benzene rings is 1. The number of nitrogens with zero attached hydrogens (tertiary/aromatic N) is 2. The number of carbonyl (C=O) groups is 1. The van der Waals surface area contributed by atoms with Crippen LogP contribution in [0.5, 0.6) is 5.75 Å². The third-order valence-corrected chi connectivity index (χ3v) is 5.34. The summed E-state index contributed by atoms with van der Waals surface area (Å²) in [5.41, 5.74) is 2.25.